The highest BCUT2D eigenvalue weighted by molar-refractivity contribution is 14.1. The van der Waals surface area contributed by atoms with E-state index < -0.39 is 6.09 Å². The first-order valence-electron chi connectivity index (χ1n) is 4.23. The van der Waals surface area contributed by atoms with E-state index in [9.17, 15) is 4.79 Å². The van der Waals surface area contributed by atoms with Crippen molar-refractivity contribution >= 4 is 28.7 Å². The van der Waals surface area contributed by atoms with Crippen molar-refractivity contribution in [3.05, 3.63) is 0 Å². The average Bonchev–Trinajstić information content (AvgIpc) is 2.01. The van der Waals surface area contributed by atoms with Crippen LogP contribution < -0.4 is 5.73 Å². The van der Waals surface area contributed by atoms with E-state index in [0.29, 0.717) is 10.5 Å². The van der Waals surface area contributed by atoms with Crippen molar-refractivity contribution in [3.8, 4) is 0 Å². The zero-order chi connectivity index (χ0) is 9.40. The van der Waals surface area contributed by atoms with E-state index in [1.54, 1.807) is 0 Å². The summed E-state index contributed by atoms with van der Waals surface area (Å²) in [4.78, 5) is 10.2. The van der Waals surface area contributed by atoms with Crippen LogP contribution >= 0.6 is 22.6 Å². The van der Waals surface area contributed by atoms with Gasteiger partial charge in [-0.2, -0.15) is 0 Å². The van der Waals surface area contributed by atoms with Gasteiger partial charge in [0, 0.05) is 3.92 Å². The van der Waals surface area contributed by atoms with Crippen LogP contribution in [0.5, 0.6) is 0 Å². The fraction of sp³-hybridized carbons (Fsp3) is 0.875. The van der Waals surface area contributed by atoms with E-state index in [0.717, 1.165) is 6.42 Å². The van der Waals surface area contributed by atoms with Crippen molar-refractivity contribution in [1.29, 1.82) is 0 Å². The monoisotopic (exact) mass is 285 g/mol. The van der Waals surface area contributed by atoms with Crippen LogP contribution in [0, 0.1) is 0 Å². The molecular formula is C8H16INO2. The van der Waals surface area contributed by atoms with Crippen molar-refractivity contribution in [3.63, 3.8) is 0 Å². The van der Waals surface area contributed by atoms with Crippen LogP contribution in [0.2, 0.25) is 0 Å². The fourth-order valence-electron chi connectivity index (χ4n) is 0.872. The Balaban J connectivity index is 3.21. The Morgan fingerprint density at radius 1 is 1.58 bits per heavy atom. The van der Waals surface area contributed by atoms with Crippen LogP contribution in [0.4, 0.5) is 4.79 Å². The quantitative estimate of drug-likeness (QED) is 0.463. The van der Waals surface area contributed by atoms with E-state index in [1.165, 1.54) is 19.3 Å². The van der Waals surface area contributed by atoms with Gasteiger partial charge < -0.3 is 10.5 Å². The maximum atomic E-state index is 10.2. The number of ether oxygens (including phenoxy) is 1. The second-order valence-corrected chi connectivity index (χ2v) is 4.48. The van der Waals surface area contributed by atoms with Gasteiger partial charge in [0.25, 0.3) is 0 Å². The summed E-state index contributed by atoms with van der Waals surface area (Å²) in [5.41, 5.74) is 4.83. The predicted molar refractivity (Wildman–Crippen MR) is 57.5 cm³/mol. The van der Waals surface area contributed by atoms with Crippen LogP contribution in [0.3, 0.4) is 0 Å². The predicted octanol–water partition coefficient (Wildman–Crippen LogP) is 2.47. The van der Waals surface area contributed by atoms with Crippen molar-refractivity contribution in [2.24, 2.45) is 5.73 Å². The first-order valence-corrected chi connectivity index (χ1v) is 5.47. The molecule has 0 fully saturated rings. The van der Waals surface area contributed by atoms with Crippen LogP contribution in [0.25, 0.3) is 0 Å². The lowest BCUT2D eigenvalue weighted by molar-refractivity contribution is 0.157. The molecule has 0 aromatic heterocycles. The third-order valence-corrected chi connectivity index (χ3v) is 2.51. The summed E-state index contributed by atoms with van der Waals surface area (Å²) in [5, 5.41) is 0. The molecule has 0 saturated heterocycles. The first kappa shape index (κ1) is 12.0. The third kappa shape index (κ3) is 8.10. The molecule has 1 amide bonds. The molecule has 1 atom stereocenters. The topological polar surface area (TPSA) is 52.3 Å². The van der Waals surface area contributed by atoms with Gasteiger partial charge >= 0.3 is 6.09 Å². The Labute approximate surface area is 87.2 Å². The lowest BCUT2D eigenvalue weighted by Crippen LogP contribution is -2.18. The minimum Gasteiger partial charge on any atom is -0.449 e. The van der Waals surface area contributed by atoms with Crippen LogP contribution in [0.1, 0.15) is 32.6 Å². The van der Waals surface area contributed by atoms with E-state index in [1.807, 2.05) is 0 Å². The van der Waals surface area contributed by atoms with Crippen molar-refractivity contribution in [2.75, 3.05) is 6.61 Å². The number of nitrogens with two attached hydrogens (primary N) is 1. The van der Waals surface area contributed by atoms with E-state index in [2.05, 4.69) is 34.3 Å². The number of hydrogen-bond acceptors (Lipinski definition) is 2. The number of carbonyl (C=O) groups is 1. The molecule has 0 bridgehead atoms. The lowest BCUT2D eigenvalue weighted by atomic mass is 10.2. The van der Waals surface area contributed by atoms with Crippen molar-refractivity contribution in [2.45, 2.75) is 36.5 Å². The van der Waals surface area contributed by atoms with E-state index in [-0.39, 0.29) is 0 Å². The molecule has 0 radical (unpaired) electrons. The molecule has 12 heavy (non-hydrogen) atoms. The Hall–Kier alpha value is 0. The molecule has 0 aliphatic heterocycles. The third-order valence-electron chi connectivity index (χ3n) is 1.53. The molecule has 2 N–H and O–H groups in total. The second kappa shape index (κ2) is 7.64. The molecule has 0 spiro atoms. The van der Waals surface area contributed by atoms with Gasteiger partial charge in [-0.1, -0.05) is 48.8 Å². The number of primary amides is 1. The largest absolute Gasteiger partial charge is 0.449 e. The Morgan fingerprint density at radius 2 is 2.25 bits per heavy atom. The van der Waals surface area contributed by atoms with Crippen LogP contribution in [0.15, 0.2) is 0 Å². The van der Waals surface area contributed by atoms with Gasteiger partial charge in [0.15, 0.2) is 0 Å². The highest BCUT2D eigenvalue weighted by Gasteiger charge is 2.05. The number of hydrogen-bond donors (Lipinski definition) is 1. The number of rotatable bonds is 6. The molecule has 0 heterocycles. The van der Waals surface area contributed by atoms with Gasteiger partial charge in [0.2, 0.25) is 0 Å². The second-order valence-electron chi connectivity index (χ2n) is 2.72. The summed E-state index contributed by atoms with van der Waals surface area (Å²) < 4.78 is 5.07. The summed E-state index contributed by atoms with van der Waals surface area (Å²) >= 11 is 2.28. The summed E-state index contributed by atoms with van der Waals surface area (Å²) in [6.07, 6.45) is 4.09. The van der Waals surface area contributed by atoms with Crippen LogP contribution in [-0.2, 0) is 4.74 Å². The van der Waals surface area contributed by atoms with Crippen molar-refractivity contribution < 1.29 is 9.53 Å². The average molecular weight is 285 g/mol. The zero-order valence-electron chi connectivity index (χ0n) is 7.38. The molecule has 3 nitrogen and oxygen atoms in total. The smallest absolute Gasteiger partial charge is 0.404 e. The van der Waals surface area contributed by atoms with Gasteiger partial charge in [0.1, 0.15) is 6.61 Å². The molecule has 0 aromatic rings. The Kier molecular flexibility index (Phi) is 7.64. The Bertz CT molecular complexity index is 130. The highest BCUT2D eigenvalue weighted by Crippen LogP contribution is 2.11. The van der Waals surface area contributed by atoms with Gasteiger partial charge in [-0.05, 0) is 6.42 Å². The molecule has 0 aliphatic carbocycles. The highest BCUT2D eigenvalue weighted by atomic mass is 127. The lowest BCUT2D eigenvalue weighted by Gasteiger charge is -2.08. The molecule has 1 unspecified atom stereocenters. The van der Waals surface area contributed by atoms with E-state index >= 15 is 0 Å². The number of amides is 1. The minimum atomic E-state index is -0.674. The summed E-state index contributed by atoms with van der Waals surface area (Å²) in [7, 11) is 0. The maximum absolute atomic E-state index is 10.2. The summed E-state index contributed by atoms with van der Waals surface area (Å²) in [5.74, 6) is 0. The zero-order valence-corrected chi connectivity index (χ0v) is 9.54. The minimum absolute atomic E-state index is 0.404. The number of alkyl halides is 1. The Morgan fingerprint density at radius 3 is 2.75 bits per heavy atom. The molecule has 0 saturated carbocycles. The first-order chi connectivity index (χ1) is 5.66. The standard InChI is InChI=1S/C8H16INO2/c1-2-3-4-5-7(9)6-12-8(10)11/h7H,2-6H2,1H3,(H2,10,11). The van der Waals surface area contributed by atoms with Gasteiger partial charge in [-0.15, -0.1) is 0 Å². The van der Waals surface area contributed by atoms with Crippen molar-refractivity contribution in [1.82, 2.24) is 0 Å². The maximum Gasteiger partial charge on any atom is 0.404 e. The number of unbranched alkanes of at least 4 members (excludes halogenated alkanes) is 2. The SMILES string of the molecule is CCCCCC(I)COC(N)=O. The number of halogens is 1. The van der Waals surface area contributed by atoms with Gasteiger partial charge in [-0.3, -0.25) is 0 Å². The van der Waals surface area contributed by atoms with E-state index in [4.69, 9.17) is 5.73 Å². The van der Waals surface area contributed by atoms with Crippen LogP contribution in [-0.4, -0.2) is 16.6 Å². The summed E-state index contributed by atoms with van der Waals surface area (Å²) in [6.45, 7) is 2.61. The van der Waals surface area contributed by atoms with Gasteiger partial charge in [0.05, 0.1) is 0 Å². The molecule has 4 heteroatoms. The molecule has 0 aromatic carbocycles. The molecular weight excluding hydrogens is 269 g/mol. The molecule has 0 rings (SSSR count). The van der Waals surface area contributed by atoms with Gasteiger partial charge in [-0.25, -0.2) is 4.79 Å². The normalized spacial score (nSPS) is 12.5. The summed E-state index contributed by atoms with van der Waals surface area (Å²) in [6, 6.07) is 0. The fourth-order valence-corrected chi connectivity index (χ4v) is 1.49. The molecule has 0 aliphatic rings. The number of carbonyl (C=O) groups excluding carboxylic acids is 1. The molecule has 72 valence electrons.